The number of nitrogens with two attached hydrogens (primary N) is 1. The van der Waals surface area contributed by atoms with Gasteiger partial charge in [-0.05, 0) is 6.07 Å². The third-order valence-electron chi connectivity index (χ3n) is 2.99. The minimum atomic E-state index is -3.13. The normalized spacial score (nSPS) is 26.8. The molecule has 0 saturated heterocycles. The lowest BCUT2D eigenvalue weighted by atomic mass is 9.94. The summed E-state index contributed by atoms with van der Waals surface area (Å²) in [6, 6.07) is 1.13. The van der Waals surface area contributed by atoms with Crippen LogP contribution >= 0.6 is 0 Å². The van der Waals surface area contributed by atoms with E-state index in [0.717, 1.165) is 0 Å². The molecule has 1 aliphatic rings. The molecule has 1 aromatic rings. The number of rotatable bonds is 2. The molecule has 16 heavy (non-hydrogen) atoms. The molecule has 1 unspecified atom stereocenters. The number of alkyl halides is 2. The van der Waals surface area contributed by atoms with E-state index in [1.54, 1.807) is 0 Å². The monoisotopic (exact) mass is 235 g/mol. The first-order valence-corrected chi connectivity index (χ1v) is 4.60. The molecular weight excluding hydrogens is 226 g/mol. The Kier molecular flexibility index (Phi) is 2.17. The zero-order valence-electron chi connectivity index (χ0n) is 8.11. The number of halogens is 4. The fourth-order valence-electron chi connectivity index (χ4n) is 1.89. The summed E-state index contributed by atoms with van der Waals surface area (Å²) in [5.41, 5.74) is 2.92. The van der Waals surface area contributed by atoms with Crippen LogP contribution in [0.5, 0.6) is 5.75 Å². The van der Waals surface area contributed by atoms with E-state index in [1.807, 2.05) is 0 Å². The van der Waals surface area contributed by atoms with E-state index in [-0.39, 0.29) is 0 Å². The number of aromatic hydroxyl groups is 1. The molecule has 0 heterocycles. The van der Waals surface area contributed by atoms with Gasteiger partial charge in [0.25, 0.3) is 5.92 Å². The standard InChI is InChI=1S/C10H9F4NO/c11-5-1-6(8(16)7(12)2-5)9(4-15)3-10(9,13)14/h1-2,16H,3-4,15H2. The van der Waals surface area contributed by atoms with Crippen LogP contribution in [0, 0.1) is 11.6 Å². The van der Waals surface area contributed by atoms with Crippen LogP contribution in [0.25, 0.3) is 0 Å². The van der Waals surface area contributed by atoms with Gasteiger partial charge in [-0.3, -0.25) is 0 Å². The molecule has 0 aliphatic heterocycles. The predicted molar refractivity (Wildman–Crippen MR) is 48.3 cm³/mol. The second-order valence-electron chi connectivity index (χ2n) is 3.95. The molecule has 0 radical (unpaired) electrons. The number of phenols is 1. The van der Waals surface area contributed by atoms with E-state index in [4.69, 9.17) is 5.73 Å². The number of hydrogen-bond donors (Lipinski definition) is 2. The van der Waals surface area contributed by atoms with Gasteiger partial charge >= 0.3 is 0 Å². The second-order valence-corrected chi connectivity index (χ2v) is 3.95. The van der Waals surface area contributed by atoms with Crippen LogP contribution in [-0.4, -0.2) is 17.6 Å². The highest BCUT2D eigenvalue weighted by atomic mass is 19.3. The summed E-state index contributed by atoms with van der Waals surface area (Å²) in [7, 11) is 0. The number of phenolic OH excluding ortho intramolecular Hbond substituents is 1. The lowest BCUT2D eigenvalue weighted by Gasteiger charge is -2.16. The summed E-state index contributed by atoms with van der Waals surface area (Å²) in [5.74, 6) is -6.35. The maximum absolute atomic E-state index is 13.1. The highest BCUT2D eigenvalue weighted by molar-refractivity contribution is 5.47. The minimum absolute atomic E-state index is 0.434. The maximum Gasteiger partial charge on any atom is 0.260 e. The van der Waals surface area contributed by atoms with Crippen molar-refractivity contribution in [2.24, 2.45) is 5.73 Å². The van der Waals surface area contributed by atoms with E-state index >= 15 is 0 Å². The van der Waals surface area contributed by atoms with E-state index in [1.165, 1.54) is 0 Å². The van der Waals surface area contributed by atoms with Crippen LogP contribution in [-0.2, 0) is 5.41 Å². The maximum atomic E-state index is 13.1. The summed E-state index contributed by atoms with van der Waals surface area (Å²) < 4.78 is 52.2. The van der Waals surface area contributed by atoms with Crippen molar-refractivity contribution >= 4 is 0 Å². The fourth-order valence-corrected chi connectivity index (χ4v) is 1.89. The van der Waals surface area contributed by atoms with Crippen LogP contribution in [0.1, 0.15) is 12.0 Å². The van der Waals surface area contributed by atoms with E-state index in [2.05, 4.69) is 0 Å². The average molecular weight is 235 g/mol. The molecule has 1 saturated carbocycles. The molecule has 1 fully saturated rings. The third kappa shape index (κ3) is 1.29. The minimum Gasteiger partial charge on any atom is -0.505 e. The lowest BCUT2D eigenvalue weighted by Crippen LogP contribution is -2.27. The largest absolute Gasteiger partial charge is 0.505 e. The molecule has 1 aromatic carbocycles. The molecule has 2 nitrogen and oxygen atoms in total. The van der Waals surface area contributed by atoms with Crippen LogP contribution in [0.15, 0.2) is 12.1 Å². The zero-order valence-corrected chi connectivity index (χ0v) is 8.11. The molecule has 0 amide bonds. The summed E-state index contributed by atoms with van der Waals surface area (Å²) in [6.45, 7) is -0.476. The Morgan fingerprint density at radius 1 is 1.31 bits per heavy atom. The van der Waals surface area contributed by atoms with Gasteiger partial charge < -0.3 is 10.8 Å². The molecule has 1 atom stereocenters. The Labute approximate surface area is 88.7 Å². The molecule has 0 aromatic heterocycles. The zero-order chi connectivity index (χ0) is 12.1. The molecule has 6 heteroatoms. The Hall–Kier alpha value is -1.30. The quantitative estimate of drug-likeness (QED) is 0.769. The van der Waals surface area contributed by atoms with Crippen molar-refractivity contribution in [3.05, 3.63) is 29.3 Å². The highest BCUT2D eigenvalue weighted by Gasteiger charge is 2.72. The van der Waals surface area contributed by atoms with Crippen molar-refractivity contribution < 1.29 is 22.7 Å². The van der Waals surface area contributed by atoms with Crippen LogP contribution in [0.2, 0.25) is 0 Å². The van der Waals surface area contributed by atoms with Crippen LogP contribution in [0.4, 0.5) is 17.6 Å². The van der Waals surface area contributed by atoms with Gasteiger partial charge in [-0.2, -0.15) is 0 Å². The number of benzene rings is 1. The summed E-state index contributed by atoms with van der Waals surface area (Å²) in [4.78, 5) is 0. The first-order chi connectivity index (χ1) is 7.34. The molecule has 1 aliphatic carbocycles. The van der Waals surface area contributed by atoms with Crippen molar-refractivity contribution in [3.8, 4) is 5.75 Å². The van der Waals surface area contributed by atoms with E-state index in [9.17, 15) is 22.7 Å². The van der Waals surface area contributed by atoms with Gasteiger partial charge in [-0.1, -0.05) is 0 Å². The first-order valence-electron chi connectivity index (χ1n) is 4.60. The van der Waals surface area contributed by atoms with Crippen molar-refractivity contribution in [2.75, 3.05) is 6.54 Å². The summed E-state index contributed by atoms with van der Waals surface area (Å²) in [5, 5.41) is 9.33. The Balaban J connectivity index is 2.57. The van der Waals surface area contributed by atoms with Crippen molar-refractivity contribution in [1.29, 1.82) is 0 Å². The van der Waals surface area contributed by atoms with Gasteiger partial charge in [0.05, 0.1) is 5.41 Å². The van der Waals surface area contributed by atoms with Gasteiger partial charge in [0, 0.05) is 24.6 Å². The van der Waals surface area contributed by atoms with Crippen LogP contribution in [0.3, 0.4) is 0 Å². The van der Waals surface area contributed by atoms with Crippen molar-refractivity contribution in [2.45, 2.75) is 17.8 Å². The number of hydrogen-bond acceptors (Lipinski definition) is 2. The SMILES string of the molecule is NCC1(c2cc(F)cc(F)c2O)CC1(F)F. The van der Waals surface area contributed by atoms with Crippen molar-refractivity contribution in [3.63, 3.8) is 0 Å². The van der Waals surface area contributed by atoms with Crippen molar-refractivity contribution in [1.82, 2.24) is 0 Å². The Morgan fingerprint density at radius 3 is 2.31 bits per heavy atom. The molecular formula is C10H9F4NO. The predicted octanol–water partition coefficient (Wildman–Crippen LogP) is 1.91. The molecule has 2 rings (SSSR count). The molecule has 88 valence electrons. The highest BCUT2D eigenvalue weighted by Crippen LogP contribution is 2.62. The second kappa shape index (κ2) is 3.10. The van der Waals surface area contributed by atoms with Gasteiger partial charge in [0.15, 0.2) is 11.6 Å². The topological polar surface area (TPSA) is 46.2 Å². The Morgan fingerprint density at radius 2 is 1.88 bits per heavy atom. The Bertz CT molecular complexity index is 449. The van der Waals surface area contributed by atoms with Crippen LogP contribution < -0.4 is 5.73 Å². The lowest BCUT2D eigenvalue weighted by molar-refractivity contribution is 0.0887. The fraction of sp³-hybridized carbons (Fsp3) is 0.400. The van der Waals surface area contributed by atoms with Gasteiger partial charge in [0.1, 0.15) is 5.82 Å². The third-order valence-corrected chi connectivity index (χ3v) is 2.99. The first kappa shape index (κ1) is 11.2. The smallest absolute Gasteiger partial charge is 0.260 e. The van der Waals surface area contributed by atoms with Gasteiger partial charge in [-0.15, -0.1) is 0 Å². The van der Waals surface area contributed by atoms with Gasteiger partial charge in [-0.25, -0.2) is 17.6 Å². The summed E-state index contributed by atoms with van der Waals surface area (Å²) >= 11 is 0. The molecule has 0 bridgehead atoms. The molecule has 0 spiro atoms. The van der Waals surface area contributed by atoms with E-state index < -0.39 is 47.3 Å². The molecule has 3 N–H and O–H groups in total. The summed E-state index contributed by atoms with van der Waals surface area (Å²) in [6.07, 6.45) is -0.604. The van der Waals surface area contributed by atoms with Gasteiger partial charge in [0.2, 0.25) is 0 Å². The average Bonchev–Trinajstić information content (AvgIpc) is 2.76. The van der Waals surface area contributed by atoms with E-state index in [0.29, 0.717) is 12.1 Å².